The molecule has 0 radical (unpaired) electrons. The molecule has 1 fully saturated rings. The highest BCUT2D eigenvalue weighted by Gasteiger charge is 2.31. The first kappa shape index (κ1) is 16.3. The molecular weight excluding hydrogens is 282 g/mol. The number of likely N-dealkylation sites (tertiary alicyclic amines) is 1. The maximum atomic E-state index is 12.5. The summed E-state index contributed by atoms with van der Waals surface area (Å²) >= 11 is 4.22. The number of anilines is 1. The van der Waals surface area contributed by atoms with Gasteiger partial charge in [-0.05, 0) is 50.4 Å². The van der Waals surface area contributed by atoms with Crippen molar-refractivity contribution in [2.75, 3.05) is 24.2 Å². The second-order valence-corrected chi connectivity index (χ2v) is 6.20. The van der Waals surface area contributed by atoms with E-state index < -0.39 is 0 Å². The molecule has 1 heterocycles. The lowest BCUT2D eigenvalue weighted by Crippen LogP contribution is -2.46. The van der Waals surface area contributed by atoms with Crippen LogP contribution in [0.4, 0.5) is 5.69 Å². The molecule has 3 N–H and O–H groups in total. The molecule has 1 amide bonds. The summed E-state index contributed by atoms with van der Waals surface area (Å²) in [6.07, 6.45) is 1.94. The van der Waals surface area contributed by atoms with E-state index in [9.17, 15) is 4.79 Å². The molecule has 2 rings (SSSR count). The van der Waals surface area contributed by atoms with Gasteiger partial charge < -0.3 is 11.1 Å². The van der Waals surface area contributed by atoms with Gasteiger partial charge in [-0.2, -0.15) is 12.6 Å². The van der Waals surface area contributed by atoms with Crippen molar-refractivity contribution in [1.82, 2.24) is 4.90 Å². The van der Waals surface area contributed by atoms with E-state index in [1.54, 1.807) is 0 Å². The van der Waals surface area contributed by atoms with Gasteiger partial charge >= 0.3 is 0 Å². The van der Waals surface area contributed by atoms with Crippen molar-refractivity contribution in [3.8, 4) is 0 Å². The average Bonchev–Trinajstić information content (AvgIpc) is 2.92. The third-order valence-corrected chi connectivity index (χ3v) is 4.70. The van der Waals surface area contributed by atoms with Crippen molar-refractivity contribution in [2.24, 2.45) is 5.73 Å². The van der Waals surface area contributed by atoms with Crippen LogP contribution in [-0.4, -0.2) is 41.7 Å². The molecule has 0 aromatic heterocycles. The molecule has 1 aliphatic rings. The van der Waals surface area contributed by atoms with E-state index in [-0.39, 0.29) is 18.0 Å². The summed E-state index contributed by atoms with van der Waals surface area (Å²) in [5.74, 6) is 0.717. The van der Waals surface area contributed by atoms with E-state index in [2.05, 4.69) is 35.8 Å². The molecule has 4 nitrogen and oxygen atoms in total. The largest absolute Gasteiger partial charge is 0.326 e. The minimum absolute atomic E-state index is 0.0161. The van der Waals surface area contributed by atoms with Crippen LogP contribution in [-0.2, 0) is 4.79 Å². The molecule has 5 heteroatoms. The van der Waals surface area contributed by atoms with Crippen LogP contribution in [0.1, 0.15) is 24.0 Å². The van der Waals surface area contributed by atoms with Gasteiger partial charge in [0.15, 0.2) is 0 Å². The van der Waals surface area contributed by atoms with E-state index in [4.69, 9.17) is 5.73 Å². The third-order valence-electron chi connectivity index (χ3n) is 4.23. The van der Waals surface area contributed by atoms with Gasteiger partial charge in [0.1, 0.15) is 0 Å². The molecule has 21 heavy (non-hydrogen) atoms. The van der Waals surface area contributed by atoms with Crippen LogP contribution in [0.3, 0.4) is 0 Å². The fraction of sp³-hybridized carbons (Fsp3) is 0.562. The number of hydrogen-bond donors (Lipinski definition) is 3. The zero-order valence-corrected chi connectivity index (χ0v) is 13.7. The Morgan fingerprint density at radius 1 is 1.52 bits per heavy atom. The first-order valence-electron chi connectivity index (χ1n) is 7.50. The Bertz CT molecular complexity index is 506. The lowest BCUT2D eigenvalue weighted by molar-refractivity contribution is -0.120. The maximum Gasteiger partial charge on any atom is 0.241 e. The zero-order valence-electron chi connectivity index (χ0n) is 12.8. The minimum atomic E-state index is -0.0733. The number of nitrogens with zero attached hydrogens (tertiary/aromatic N) is 1. The molecule has 1 aromatic carbocycles. The molecule has 0 spiro atoms. The number of carbonyl (C=O) groups is 1. The number of amides is 1. The first-order valence-corrected chi connectivity index (χ1v) is 8.13. The van der Waals surface area contributed by atoms with Crippen molar-refractivity contribution in [2.45, 2.75) is 38.8 Å². The Kier molecular flexibility index (Phi) is 5.67. The lowest BCUT2D eigenvalue weighted by Gasteiger charge is -2.26. The van der Waals surface area contributed by atoms with Crippen molar-refractivity contribution in [1.29, 1.82) is 0 Å². The predicted molar refractivity (Wildman–Crippen MR) is 91.0 cm³/mol. The van der Waals surface area contributed by atoms with Crippen LogP contribution in [0.15, 0.2) is 18.2 Å². The van der Waals surface area contributed by atoms with Crippen LogP contribution in [0.5, 0.6) is 0 Å². The number of carbonyl (C=O) groups excluding carboxylic acids is 1. The fourth-order valence-electron chi connectivity index (χ4n) is 2.80. The summed E-state index contributed by atoms with van der Waals surface area (Å²) in [5, 5.41) is 3.07. The molecule has 0 bridgehead atoms. The number of rotatable bonds is 5. The first-order chi connectivity index (χ1) is 10.0. The van der Waals surface area contributed by atoms with Crippen molar-refractivity contribution >= 4 is 24.2 Å². The summed E-state index contributed by atoms with van der Waals surface area (Å²) in [6.45, 7) is 5.76. The molecule has 1 aromatic rings. The van der Waals surface area contributed by atoms with Crippen LogP contribution in [0, 0.1) is 13.8 Å². The van der Waals surface area contributed by atoms with E-state index >= 15 is 0 Å². The third kappa shape index (κ3) is 3.99. The quantitative estimate of drug-likeness (QED) is 0.729. The van der Waals surface area contributed by atoms with Gasteiger partial charge in [-0.1, -0.05) is 12.1 Å². The van der Waals surface area contributed by atoms with Crippen LogP contribution >= 0.6 is 12.6 Å². The normalized spacial score (nSPS) is 20.5. The molecule has 1 aliphatic heterocycles. The Balaban J connectivity index is 2.03. The van der Waals surface area contributed by atoms with E-state index in [1.807, 2.05) is 19.1 Å². The van der Waals surface area contributed by atoms with Gasteiger partial charge in [-0.3, -0.25) is 9.69 Å². The number of aryl methyl sites for hydroxylation is 1. The second-order valence-electron chi connectivity index (χ2n) is 5.83. The van der Waals surface area contributed by atoms with Crippen molar-refractivity contribution < 1.29 is 4.79 Å². The van der Waals surface area contributed by atoms with E-state index in [1.165, 1.54) is 5.56 Å². The molecular formula is C16H25N3OS. The molecule has 0 saturated carbocycles. The Morgan fingerprint density at radius 3 is 3.00 bits per heavy atom. The molecule has 2 atom stereocenters. The standard InChI is InChI=1S/C16H25N3OS/c1-11-5-3-6-14(12(11)2)18-16(20)15-7-4-8-19(15)9-13(17)10-21/h3,5-6,13,15,21H,4,7-10,17H2,1-2H3,(H,18,20)/t13?,15-/m0/s1. The Labute approximate surface area is 132 Å². The summed E-state index contributed by atoms with van der Waals surface area (Å²) in [5.41, 5.74) is 9.19. The SMILES string of the molecule is Cc1cccc(NC(=O)[C@@H]2CCCN2CC(N)CS)c1C. The summed E-state index contributed by atoms with van der Waals surface area (Å²) in [6, 6.07) is 5.93. The van der Waals surface area contributed by atoms with Crippen molar-refractivity contribution in [3.63, 3.8) is 0 Å². The topological polar surface area (TPSA) is 58.4 Å². The van der Waals surface area contributed by atoms with Gasteiger partial charge in [-0.25, -0.2) is 0 Å². The average molecular weight is 307 g/mol. The fourth-order valence-corrected chi connectivity index (χ4v) is 2.92. The van der Waals surface area contributed by atoms with Crippen LogP contribution in [0.2, 0.25) is 0 Å². The van der Waals surface area contributed by atoms with Gasteiger partial charge in [0.25, 0.3) is 0 Å². The molecule has 116 valence electrons. The molecule has 1 saturated heterocycles. The van der Waals surface area contributed by atoms with E-state index in [0.717, 1.165) is 37.2 Å². The number of thiol groups is 1. The Hall–Kier alpha value is -1.04. The van der Waals surface area contributed by atoms with Gasteiger partial charge in [0, 0.05) is 24.0 Å². The number of hydrogen-bond acceptors (Lipinski definition) is 4. The highest BCUT2D eigenvalue weighted by Crippen LogP contribution is 2.22. The molecule has 0 aliphatic carbocycles. The van der Waals surface area contributed by atoms with Gasteiger partial charge in [0.2, 0.25) is 5.91 Å². The summed E-state index contributed by atoms with van der Waals surface area (Å²) in [7, 11) is 0. The summed E-state index contributed by atoms with van der Waals surface area (Å²) in [4.78, 5) is 14.7. The lowest BCUT2D eigenvalue weighted by atomic mass is 10.1. The second kappa shape index (κ2) is 7.29. The Morgan fingerprint density at radius 2 is 2.29 bits per heavy atom. The molecule has 1 unspecified atom stereocenters. The maximum absolute atomic E-state index is 12.5. The highest BCUT2D eigenvalue weighted by molar-refractivity contribution is 7.80. The predicted octanol–water partition coefficient (Wildman–Crippen LogP) is 1.96. The van der Waals surface area contributed by atoms with Crippen LogP contribution < -0.4 is 11.1 Å². The monoisotopic (exact) mass is 307 g/mol. The highest BCUT2D eigenvalue weighted by atomic mass is 32.1. The smallest absolute Gasteiger partial charge is 0.241 e. The summed E-state index contributed by atoms with van der Waals surface area (Å²) < 4.78 is 0. The van der Waals surface area contributed by atoms with Gasteiger partial charge in [-0.15, -0.1) is 0 Å². The zero-order chi connectivity index (χ0) is 15.4. The van der Waals surface area contributed by atoms with Gasteiger partial charge in [0.05, 0.1) is 6.04 Å². The number of benzene rings is 1. The minimum Gasteiger partial charge on any atom is -0.326 e. The van der Waals surface area contributed by atoms with E-state index in [0.29, 0.717) is 5.75 Å². The van der Waals surface area contributed by atoms with Crippen molar-refractivity contribution in [3.05, 3.63) is 29.3 Å². The number of nitrogens with one attached hydrogen (secondary N) is 1. The van der Waals surface area contributed by atoms with Crippen LogP contribution in [0.25, 0.3) is 0 Å². The number of nitrogens with two attached hydrogens (primary N) is 1.